The van der Waals surface area contributed by atoms with E-state index in [2.05, 4.69) is 4.98 Å². The second-order valence-electron chi connectivity index (χ2n) is 10.0. The summed E-state index contributed by atoms with van der Waals surface area (Å²) in [6.45, 7) is 5.84. The molecule has 4 rings (SSSR count). The highest BCUT2D eigenvalue weighted by molar-refractivity contribution is 5.97. The van der Waals surface area contributed by atoms with Crippen molar-refractivity contribution in [1.29, 1.82) is 0 Å². The summed E-state index contributed by atoms with van der Waals surface area (Å²) in [7, 11) is 1.59. The van der Waals surface area contributed by atoms with Crippen molar-refractivity contribution in [3.05, 3.63) is 105 Å². The van der Waals surface area contributed by atoms with Crippen molar-refractivity contribution in [1.82, 2.24) is 14.8 Å². The van der Waals surface area contributed by atoms with Crippen molar-refractivity contribution >= 4 is 28.4 Å². The van der Waals surface area contributed by atoms with E-state index in [1.165, 1.54) is 11.0 Å². The number of nitrogens with zero attached hydrogens (tertiary/aromatic N) is 3. The zero-order valence-electron chi connectivity index (χ0n) is 23.2. The van der Waals surface area contributed by atoms with E-state index in [1.807, 2.05) is 68.6 Å². The van der Waals surface area contributed by atoms with Crippen LogP contribution in [0, 0.1) is 17.0 Å². The minimum absolute atomic E-state index is 0.127. The number of carbonyl (C=O) groups excluding carboxylic acids is 2. The Morgan fingerprint density at radius 1 is 1.02 bits per heavy atom. The first-order valence-corrected chi connectivity index (χ1v) is 13.2. The lowest BCUT2D eigenvalue weighted by Crippen LogP contribution is -2.46. The van der Waals surface area contributed by atoms with Crippen molar-refractivity contribution in [3.8, 4) is 5.75 Å². The maximum Gasteiger partial charge on any atom is 0.273 e. The monoisotopic (exact) mass is 542 g/mol. The summed E-state index contributed by atoms with van der Waals surface area (Å²) in [5.74, 6) is 0.0193. The lowest BCUT2D eigenvalue weighted by atomic mass is 10.1. The van der Waals surface area contributed by atoms with Gasteiger partial charge in [0.2, 0.25) is 5.91 Å². The van der Waals surface area contributed by atoms with Crippen LogP contribution in [0.2, 0.25) is 0 Å². The third kappa shape index (κ3) is 6.31. The Bertz CT molecular complexity index is 1530. The Hall–Kier alpha value is -4.66. The molecule has 1 heterocycles. The number of carbonyl (C=O) groups is 2. The molecular formula is C31H34N4O5. The molecule has 0 saturated carbocycles. The number of H-pyrrole nitrogens is 1. The maximum atomic E-state index is 13.8. The number of nitro groups is 1. The van der Waals surface area contributed by atoms with Gasteiger partial charge >= 0.3 is 0 Å². The highest BCUT2D eigenvalue weighted by atomic mass is 16.6. The van der Waals surface area contributed by atoms with Crippen LogP contribution in [0.4, 0.5) is 5.69 Å². The summed E-state index contributed by atoms with van der Waals surface area (Å²) < 4.78 is 5.53. The predicted molar refractivity (Wildman–Crippen MR) is 154 cm³/mol. The normalized spacial score (nSPS) is 11.0. The van der Waals surface area contributed by atoms with E-state index < -0.39 is 10.8 Å². The number of benzene rings is 3. The summed E-state index contributed by atoms with van der Waals surface area (Å²) >= 11 is 0. The van der Waals surface area contributed by atoms with Crippen LogP contribution in [-0.4, -0.2) is 57.8 Å². The van der Waals surface area contributed by atoms with E-state index in [4.69, 9.17) is 4.74 Å². The van der Waals surface area contributed by atoms with Crippen LogP contribution < -0.4 is 4.74 Å². The van der Waals surface area contributed by atoms with Crippen LogP contribution >= 0.6 is 0 Å². The Morgan fingerprint density at radius 2 is 1.75 bits per heavy atom. The zero-order chi connectivity index (χ0) is 28.8. The number of aryl methyl sites for hydroxylation is 1. The molecule has 0 fully saturated rings. The van der Waals surface area contributed by atoms with Gasteiger partial charge in [0.15, 0.2) is 0 Å². The molecule has 9 heteroatoms. The minimum atomic E-state index is -0.503. The average Bonchev–Trinajstić information content (AvgIpc) is 3.36. The third-order valence-corrected chi connectivity index (χ3v) is 7.08. The van der Waals surface area contributed by atoms with Gasteiger partial charge in [0.1, 0.15) is 12.3 Å². The van der Waals surface area contributed by atoms with E-state index >= 15 is 0 Å². The molecule has 0 aliphatic heterocycles. The van der Waals surface area contributed by atoms with Gasteiger partial charge in [-0.1, -0.05) is 42.5 Å². The quantitative estimate of drug-likeness (QED) is 0.198. The largest absolute Gasteiger partial charge is 0.496 e. The predicted octanol–water partition coefficient (Wildman–Crippen LogP) is 5.52. The highest BCUT2D eigenvalue weighted by Crippen LogP contribution is 2.23. The SMILES string of the molecule is COc1ccccc1CN(CCc1c[nH]c2ccccc12)C(=O)CN(C(=O)c1ccc(C)c([N+](=O)[O-])c1)C(C)C. The molecule has 1 aromatic heterocycles. The summed E-state index contributed by atoms with van der Waals surface area (Å²) in [6.07, 6.45) is 2.58. The van der Waals surface area contributed by atoms with Crippen LogP contribution in [0.1, 0.15) is 40.9 Å². The van der Waals surface area contributed by atoms with Crippen LogP contribution in [0.3, 0.4) is 0 Å². The van der Waals surface area contributed by atoms with Crippen molar-refractivity contribution in [2.24, 2.45) is 0 Å². The van der Waals surface area contributed by atoms with Crippen molar-refractivity contribution in [2.75, 3.05) is 20.2 Å². The topological polar surface area (TPSA) is 109 Å². The fourth-order valence-electron chi connectivity index (χ4n) is 4.76. The summed E-state index contributed by atoms with van der Waals surface area (Å²) in [4.78, 5) is 44.7. The van der Waals surface area contributed by atoms with E-state index in [0.29, 0.717) is 30.8 Å². The molecular weight excluding hydrogens is 508 g/mol. The lowest BCUT2D eigenvalue weighted by molar-refractivity contribution is -0.385. The molecule has 9 nitrogen and oxygen atoms in total. The molecule has 2 amide bonds. The van der Waals surface area contributed by atoms with Gasteiger partial charge < -0.3 is 19.5 Å². The number of para-hydroxylation sites is 2. The molecule has 1 N–H and O–H groups in total. The number of aromatic amines is 1. The molecule has 3 aromatic carbocycles. The summed E-state index contributed by atoms with van der Waals surface area (Å²) in [5, 5.41) is 12.6. The van der Waals surface area contributed by atoms with E-state index in [9.17, 15) is 19.7 Å². The van der Waals surface area contributed by atoms with Gasteiger partial charge in [0.25, 0.3) is 11.6 Å². The number of hydrogen-bond acceptors (Lipinski definition) is 5. The minimum Gasteiger partial charge on any atom is -0.496 e. The second-order valence-corrected chi connectivity index (χ2v) is 10.0. The molecule has 0 spiro atoms. The summed E-state index contributed by atoms with van der Waals surface area (Å²) in [6, 6.07) is 19.7. The molecule has 0 saturated heterocycles. The van der Waals surface area contributed by atoms with Crippen molar-refractivity contribution < 1.29 is 19.2 Å². The number of nitrogens with one attached hydrogen (secondary N) is 1. The van der Waals surface area contributed by atoms with Gasteiger partial charge in [-0.05, 0) is 51.0 Å². The molecule has 0 bridgehead atoms. The third-order valence-electron chi connectivity index (χ3n) is 7.08. The lowest BCUT2D eigenvalue weighted by Gasteiger charge is -2.30. The number of ether oxygens (including phenoxy) is 1. The second kappa shape index (κ2) is 12.5. The number of rotatable bonds is 11. The Morgan fingerprint density at radius 3 is 2.48 bits per heavy atom. The number of fused-ring (bicyclic) bond motifs is 1. The molecule has 0 radical (unpaired) electrons. The molecule has 0 unspecified atom stereocenters. The molecule has 40 heavy (non-hydrogen) atoms. The number of aromatic nitrogens is 1. The van der Waals surface area contributed by atoms with Gasteiger partial charge in [0.05, 0.1) is 12.0 Å². The van der Waals surface area contributed by atoms with Crippen LogP contribution in [0.15, 0.2) is 72.9 Å². The van der Waals surface area contributed by atoms with Crippen LogP contribution in [0.5, 0.6) is 5.75 Å². The van der Waals surface area contributed by atoms with Gasteiger partial charge in [-0.2, -0.15) is 0 Å². The maximum absolute atomic E-state index is 13.8. The number of methoxy groups -OCH3 is 1. The van der Waals surface area contributed by atoms with E-state index in [0.717, 1.165) is 22.0 Å². The molecule has 0 aliphatic carbocycles. The van der Waals surface area contributed by atoms with E-state index in [1.54, 1.807) is 31.1 Å². The van der Waals surface area contributed by atoms with Crippen molar-refractivity contribution in [3.63, 3.8) is 0 Å². The first-order valence-electron chi connectivity index (χ1n) is 13.2. The first-order chi connectivity index (χ1) is 19.2. The van der Waals surface area contributed by atoms with Crippen LogP contribution in [-0.2, 0) is 17.8 Å². The van der Waals surface area contributed by atoms with Crippen molar-refractivity contribution in [2.45, 2.75) is 39.8 Å². The molecule has 208 valence electrons. The van der Waals surface area contributed by atoms with Gasteiger partial charge in [-0.3, -0.25) is 19.7 Å². The molecule has 0 aliphatic rings. The van der Waals surface area contributed by atoms with E-state index in [-0.39, 0.29) is 29.7 Å². The fourth-order valence-corrected chi connectivity index (χ4v) is 4.76. The standard InChI is InChI=1S/C31H34N4O5/c1-21(2)34(31(37)23-14-13-22(3)28(17-23)35(38)39)20-30(36)33(19-25-9-5-8-12-29(25)40-4)16-15-24-18-32-27-11-7-6-10-26(24)27/h5-14,17-18,21,32H,15-16,19-20H2,1-4H3. The highest BCUT2D eigenvalue weighted by Gasteiger charge is 2.27. The van der Waals surface area contributed by atoms with Gasteiger partial charge in [-0.25, -0.2) is 0 Å². The Labute approximate surface area is 233 Å². The smallest absolute Gasteiger partial charge is 0.273 e. The van der Waals surface area contributed by atoms with Gasteiger partial charge in [0, 0.05) is 59.0 Å². The first kappa shape index (κ1) is 28.4. The fraction of sp³-hybridized carbons (Fsp3) is 0.290. The summed E-state index contributed by atoms with van der Waals surface area (Å²) in [5.41, 5.74) is 3.50. The zero-order valence-corrected chi connectivity index (χ0v) is 23.2. The molecule has 4 aromatic rings. The number of hydrogen-bond donors (Lipinski definition) is 1. The number of amides is 2. The Balaban J connectivity index is 1.60. The van der Waals surface area contributed by atoms with Crippen LogP contribution in [0.25, 0.3) is 10.9 Å². The number of nitro benzene ring substituents is 1. The average molecular weight is 543 g/mol. The van der Waals surface area contributed by atoms with Gasteiger partial charge in [-0.15, -0.1) is 0 Å². The molecule has 0 atom stereocenters. The Kier molecular flexibility index (Phi) is 8.83.